The van der Waals surface area contributed by atoms with Crippen molar-refractivity contribution in [3.63, 3.8) is 0 Å². The summed E-state index contributed by atoms with van der Waals surface area (Å²) in [5, 5.41) is 8.24. The number of carbonyl (C=O) groups excluding carboxylic acids is 1. The molecule has 1 aromatic carbocycles. The summed E-state index contributed by atoms with van der Waals surface area (Å²) in [5.74, 6) is 0.196. The lowest BCUT2D eigenvalue weighted by Gasteiger charge is -2.26. The minimum absolute atomic E-state index is 0.0410. The Morgan fingerprint density at radius 2 is 1.89 bits per heavy atom. The molecule has 0 aliphatic carbocycles. The first-order valence-electron chi connectivity index (χ1n) is 9.66. The standard InChI is InChI=1S/C21H30N4O2/c1-21(2,3)20-17(16-25(23-20)18-7-5-4-6-8-18)15-22-10-9-19(26)24-11-13-27-14-12-24/h4-8,16,22H,9-15H2,1-3H3. The molecule has 0 saturated carbocycles. The number of hydrogen-bond donors (Lipinski definition) is 1. The van der Waals surface area contributed by atoms with E-state index in [-0.39, 0.29) is 11.3 Å². The van der Waals surface area contributed by atoms with Gasteiger partial charge in [-0.1, -0.05) is 39.0 Å². The van der Waals surface area contributed by atoms with E-state index in [1.165, 1.54) is 5.56 Å². The molecule has 1 N–H and O–H groups in total. The number of hydrogen-bond acceptors (Lipinski definition) is 4. The van der Waals surface area contributed by atoms with Crippen LogP contribution in [0.15, 0.2) is 36.5 Å². The highest BCUT2D eigenvalue weighted by atomic mass is 16.5. The van der Waals surface area contributed by atoms with Crippen LogP contribution >= 0.6 is 0 Å². The van der Waals surface area contributed by atoms with Crippen molar-refractivity contribution in [3.05, 3.63) is 47.8 Å². The molecule has 0 bridgehead atoms. The van der Waals surface area contributed by atoms with Crippen LogP contribution in [0, 0.1) is 0 Å². The number of benzene rings is 1. The van der Waals surface area contributed by atoms with Crippen molar-refractivity contribution in [3.8, 4) is 5.69 Å². The zero-order chi connectivity index (χ0) is 19.3. The van der Waals surface area contributed by atoms with Gasteiger partial charge in [0.25, 0.3) is 0 Å². The van der Waals surface area contributed by atoms with Crippen LogP contribution in [-0.2, 0) is 21.5 Å². The molecule has 27 heavy (non-hydrogen) atoms. The van der Waals surface area contributed by atoms with Crippen LogP contribution in [-0.4, -0.2) is 53.4 Å². The first-order valence-corrected chi connectivity index (χ1v) is 9.66. The Balaban J connectivity index is 1.60. The molecule has 2 aromatic rings. The van der Waals surface area contributed by atoms with Gasteiger partial charge < -0.3 is 15.0 Å². The lowest BCUT2D eigenvalue weighted by Crippen LogP contribution is -2.41. The Hall–Kier alpha value is -2.18. The summed E-state index contributed by atoms with van der Waals surface area (Å²) in [5.41, 5.74) is 3.26. The van der Waals surface area contributed by atoms with Gasteiger partial charge in [-0.3, -0.25) is 4.79 Å². The van der Waals surface area contributed by atoms with Gasteiger partial charge in [0, 0.05) is 49.8 Å². The van der Waals surface area contributed by atoms with Crippen LogP contribution in [0.2, 0.25) is 0 Å². The average Bonchev–Trinajstić information content (AvgIpc) is 3.11. The Morgan fingerprint density at radius 3 is 2.56 bits per heavy atom. The minimum Gasteiger partial charge on any atom is -0.378 e. The summed E-state index contributed by atoms with van der Waals surface area (Å²) in [4.78, 5) is 14.1. The van der Waals surface area contributed by atoms with Crippen molar-refractivity contribution >= 4 is 5.91 Å². The quantitative estimate of drug-likeness (QED) is 0.794. The summed E-state index contributed by atoms with van der Waals surface area (Å²) in [6, 6.07) is 10.1. The molecule has 1 fully saturated rings. The van der Waals surface area contributed by atoms with Crippen LogP contribution in [0.3, 0.4) is 0 Å². The highest BCUT2D eigenvalue weighted by molar-refractivity contribution is 5.76. The van der Waals surface area contributed by atoms with E-state index < -0.39 is 0 Å². The predicted octanol–water partition coefficient (Wildman–Crippen LogP) is 2.51. The van der Waals surface area contributed by atoms with E-state index in [2.05, 4.69) is 44.4 Å². The summed E-state index contributed by atoms with van der Waals surface area (Å²) in [7, 11) is 0. The molecule has 0 spiro atoms. The third kappa shape index (κ3) is 5.17. The molecule has 0 unspecified atom stereocenters. The van der Waals surface area contributed by atoms with E-state index in [1.807, 2.05) is 27.8 Å². The molecule has 1 saturated heterocycles. The smallest absolute Gasteiger partial charge is 0.224 e. The first-order chi connectivity index (χ1) is 12.9. The minimum atomic E-state index is -0.0410. The fourth-order valence-corrected chi connectivity index (χ4v) is 3.27. The van der Waals surface area contributed by atoms with Gasteiger partial charge in [0.05, 0.1) is 24.6 Å². The number of ether oxygens (including phenoxy) is 1. The Kier molecular flexibility index (Phi) is 6.29. The normalized spacial score (nSPS) is 15.1. The van der Waals surface area contributed by atoms with E-state index in [0.717, 1.165) is 11.4 Å². The van der Waals surface area contributed by atoms with Crippen LogP contribution in [0.25, 0.3) is 5.69 Å². The number of morpholine rings is 1. The third-order valence-corrected chi connectivity index (χ3v) is 4.72. The van der Waals surface area contributed by atoms with Crippen LogP contribution in [0.5, 0.6) is 0 Å². The van der Waals surface area contributed by atoms with Gasteiger partial charge in [-0.15, -0.1) is 0 Å². The number of para-hydroxylation sites is 1. The number of amides is 1. The average molecular weight is 370 g/mol. The van der Waals surface area contributed by atoms with Gasteiger partial charge in [0.1, 0.15) is 0 Å². The van der Waals surface area contributed by atoms with Crippen molar-refractivity contribution < 1.29 is 9.53 Å². The summed E-state index contributed by atoms with van der Waals surface area (Å²) in [6.07, 6.45) is 2.60. The molecule has 6 heteroatoms. The monoisotopic (exact) mass is 370 g/mol. The SMILES string of the molecule is CC(C)(C)c1nn(-c2ccccc2)cc1CNCCC(=O)N1CCOCC1. The van der Waals surface area contributed by atoms with Gasteiger partial charge >= 0.3 is 0 Å². The maximum atomic E-state index is 12.2. The van der Waals surface area contributed by atoms with Gasteiger partial charge in [-0.05, 0) is 12.1 Å². The molecule has 3 rings (SSSR count). The molecule has 0 atom stereocenters. The van der Waals surface area contributed by atoms with Crippen molar-refractivity contribution in [2.75, 3.05) is 32.8 Å². The molecular formula is C21H30N4O2. The Bertz CT molecular complexity index is 743. The van der Waals surface area contributed by atoms with Crippen LogP contribution in [0.4, 0.5) is 0 Å². The second kappa shape index (κ2) is 8.67. The number of nitrogens with one attached hydrogen (secondary N) is 1. The van der Waals surface area contributed by atoms with E-state index >= 15 is 0 Å². The molecule has 1 aromatic heterocycles. The Labute approximate surface area is 161 Å². The third-order valence-electron chi connectivity index (χ3n) is 4.72. The van der Waals surface area contributed by atoms with Crippen molar-refractivity contribution in [1.82, 2.24) is 20.0 Å². The van der Waals surface area contributed by atoms with Crippen molar-refractivity contribution in [2.24, 2.45) is 0 Å². The van der Waals surface area contributed by atoms with Crippen molar-refractivity contribution in [1.29, 1.82) is 0 Å². The molecule has 2 heterocycles. The number of rotatable bonds is 6. The van der Waals surface area contributed by atoms with E-state index in [9.17, 15) is 4.79 Å². The molecule has 1 aliphatic rings. The fourth-order valence-electron chi connectivity index (χ4n) is 3.27. The summed E-state index contributed by atoms with van der Waals surface area (Å²) < 4.78 is 7.24. The lowest BCUT2D eigenvalue weighted by molar-refractivity contribution is -0.135. The fraction of sp³-hybridized carbons (Fsp3) is 0.524. The maximum absolute atomic E-state index is 12.2. The first kappa shape index (κ1) is 19.6. The maximum Gasteiger partial charge on any atom is 0.224 e. The van der Waals surface area contributed by atoms with Gasteiger partial charge in [0.15, 0.2) is 0 Å². The second-order valence-corrected chi connectivity index (χ2v) is 7.95. The molecule has 146 valence electrons. The summed E-state index contributed by atoms with van der Waals surface area (Å²) >= 11 is 0. The number of nitrogens with zero attached hydrogens (tertiary/aromatic N) is 3. The zero-order valence-corrected chi connectivity index (χ0v) is 16.6. The predicted molar refractivity (Wildman–Crippen MR) is 106 cm³/mol. The van der Waals surface area contributed by atoms with Gasteiger partial charge in [0.2, 0.25) is 5.91 Å². The zero-order valence-electron chi connectivity index (χ0n) is 16.6. The highest BCUT2D eigenvalue weighted by Crippen LogP contribution is 2.25. The lowest BCUT2D eigenvalue weighted by atomic mass is 9.89. The highest BCUT2D eigenvalue weighted by Gasteiger charge is 2.23. The van der Waals surface area contributed by atoms with Crippen molar-refractivity contribution in [2.45, 2.75) is 39.2 Å². The second-order valence-electron chi connectivity index (χ2n) is 7.95. The molecular weight excluding hydrogens is 340 g/mol. The van der Waals surface area contributed by atoms with E-state index in [1.54, 1.807) is 0 Å². The van der Waals surface area contributed by atoms with Gasteiger partial charge in [-0.2, -0.15) is 5.10 Å². The number of aromatic nitrogens is 2. The van der Waals surface area contributed by atoms with E-state index in [4.69, 9.17) is 9.84 Å². The van der Waals surface area contributed by atoms with Crippen LogP contribution in [0.1, 0.15) is 38.4 Å². The topological polar surface area (TPSA) is 59.4 Å². The molecule has 0 radical (unpaired) electrons. The molecule has 1 amide bonds. The Morgan fingerprint density at radius 1 is 1.19 bits per heavy atom. The summed E-state index contributed by atoms with van der Waals surface area (Å²) in [6.45, 7) is 10.6. The van der Waals surface area contributed by atoms with Gasteiger partial charge in [-0.25, -0.2) is 4.68 Å². The van der Waals surface area contributed by atoms with E-state index in [0.29, 0.717) is 45.8 Å². The van der Waals surface area contributed by atoms with Crippen LogP contribution < -0.4 is 5.32 Å². The molecule has 6 nitrogen and oxygen atoms in total. The molecule has 1 aliphatic heterocycles. The number of carbonyl (C=O) groups is 1. The largest absolute Gasteiger partial charge is 0.378 e.